The second-order valence-electron chi connectivity index (χ2n) is 7.02. The summed E-state index contributed by atoms with van der Waals surface area (Å²) in [5.41, 5.74) is 1.17. The highest BCUT2D eigenvalue weighted by Gasteiger charge is 2.18. The Morgan fingerprint density at radius 1 is 0.912 bits per heavy atom. The second-order valence-corrected chi connectivity index (χ2v) is 7.94. The molecule has 3 aromatic carbocycles. The number of benzene rings is 3. The maximum Gasteiger partial charge on any atom is 0.339 e. The van der Waals surface area contributed by atoms with Crippen LogP contribution in [0.5, 0.6) is 0 Å². The summed E-state index contributed by atoms with van der Waals surface area (Å²) < 4.78 is 15.1. The van der Waals surface area contributed by atoms with Crippen molar-refractivity contribution < 1.29 is 28.3 Å². The number of anilines is 1. The lowest BCUT2D eigenvalue weighted by Gasteiger charge is -2.11. The zero-order chi connectivity index (χ0) is 24.1. The number of esters is 2. The van der Waals surface area contributed by atoms with Crippen LogP contribution in [0.4, 0.5) is 5.69 Å². The normalized spacial score (nSPS) is 10.6. The van der Waals surface area contributed by atoms with E-state index in [1.54, 1.807) is 0 Å². The van der Waals surface area contributed by atoms with Crippen molar-refractivity contribution in [2.45, 2.75) is 5.22 Å². The van der Waals surface area contributed by atoms with Gasteiger partial charge in [0.1, 0.15) is 0 Å². The van der Waals surface area contributed by atoms with E-state index in [4.69, 9.17) is 13.9 Å². The summed E-state index contributed by atoms with van der Waals surface area (Å²) in [7, 11) is 2.46. The molecule has 4 aromatic rings. The first-order valence-electron chi connectivity index (χ1n) is 10.0. The van der Waals surface area contributed by atoms with Crippen LogP contribution in [0.3, 0.4) is 0 Å². The first-order chi connectivity index (χ1) is 16.5. The van der Waals surface area contributed by atoms with Crippen molar-refractivity contribution in [3.8, 4) is 11.5 Å². The minimum Gasteiger partial charge on any atom is -0.465 e. The number of carbonyl (C=O) groups excluding carboxylic acids is 3. The molecule has 0 aliphatic heterocycles. The topological polar surface area (TPSA) is 121 Å². The first kappa shape index (κ1) is 23.0. The van der Waals surface area contributed by atoms with E-state index in [0.29, 0.717) is 5.89 Å². The molecule has 0 bridgehead atoms. The fraction of sp³-hybridized carbons (Fsp3) is 0.125. The number of amides is 1. The van der Waals surface area contributed by atoms with E-state index < -0.39 is 17.8 Å². The van der Waals surface area contributed by atoms with Crippen molar-refractivity contribution >= 4 is 46.1 Å². The Hall–Kier alpha value is -4.18. The second kappa shape index (κ2) is 10.2. The van der Waals surface area contributed by atoms with Gasteiger partial charge in [-0.15, -0.1) is 10.2 Å². The van der Waals surface area contributed by atoms with E-state index in [9.17, 15) is 14.4 Å². The van der Waals surface area contributed by atoms with Gasteiger partial charge in [0, 0.05) is 5.56 Å². The molecule has 172 valence electrons. The van der Waals surface area contributed by atoms with E-state index in [0.717, 1.165) is 28.1 Å². The summed E-state index contributed by atoms with van der Waals surface area (Å²) >= 11 is 1.04. The monoisotopic (exact) mass is 477 g/mol. The standard InChI is InChI=1S/C24H19N3O6S/c1-31-22(29)17-9-10-18(23(30)32-2)19(12-17)25-20(28)13-34-24-27-26-21(33-24)16-8-7-14-5-3-4-6-15(14)11-16/h3-12H,13H2,1-2H3,(H,25,28). The maximum atomic E-state index is 12.5. The molecule has 1 aromatic heterocycles. The summed E-state index contributed by atoms with van der Waals surface area (Å²) in [6.45, 7) is 0. The van der Waals surface area contributed by atoms with Gasteiger partial charge in [-0.2, -0.15) is 0 Å². The predicted molar refractivity (Wildman–Crippen MR) is 126 cm³/mol. The summed E-state index contributed by atoms with van der Waals surface area (Å²) in [5.74, 6) is -1.43. The highest BCUT2D eigenvalue weighted by Crippen LogP contribution is 2.27. The molecular formula is C24H19N3O6S. The third kappa shape index (κ3) is 5.07. The van der Waals surface area contributed by atoms with Crippen LogP contribution in [-0.4, -0.2) is 48.0 Å². The first-order valence-corrected chi connectivity index (χ1v) is 11.0. The van der Waals surface area contributed by atoms with Crippen molar-refractivity contribution in [3.63, 3.8) is 0 Å². The van der Waals surface area contributed by atoms with Gasteiger partial charge in [0.2, 0.25) is 11.8 Å². The third-order valence-corrected chi connectivity index (χ3v) is 5.67. The van der Waals surface area contributed by atoms with Crippen molar-refractivity contribution in [3.05, 3.63) is 71.8 Å². The Labute approximate surface area is 198 Å². The van der Waals surface area contributed by atoms with Crippen LogP contribution < -0.4 is 5.32 Å². The number of hydrogen-bond acceptors (Lipinski definition) is 9. The van der Waals surface area contributed by atoms with Gasteiger partial charge in [-0.05, 0) is 41.1 Å². The quantitative estimate of drug-likeness (QED) is 0.308. The molecule has 10 heteroatoms. The molecule has 0 atom stereocenters. The Bertz CT molecular complexity index is 1380. The molecule has 0 radical (unpaired) electrons. The number of nitrogens with zero attached hydrogens (tertiary/aromatic N) is 2. The Morgan fingerprint density at radius 2 is 1.68 bits per heavy atom. The molecular weight excluding hydrogens is 458 g/mol. The molecule has 4 rings (SSSR count). The number of aromatic nitrogens is 2. The highest BCUT2D eigenvalue weighted by atomic mass is 32.2. The fourth-order valence-electron chi connectivity index (χ4n) is 3.20. The summed E-state index contributed by atoms with van der Waals surface area (Å²) in [6.07, 6.45) is 0. The van der Waals surface area contributed by atoms with Crippen LogP contribution in [0.2, 0.25) is 0 Å². The van der Waals surface area contributed by atoms with E-state index in [-0.39, 0.29) is 27.8 Å². The SMILES string of the molecule is COC(=O)c1ccc(C(=O)OC)c(NC(=O)CSc2nnc(-c3ccc4ccccc4c3)o2)c1. The van der Waals surface area contributed by atoms with E-state index in [1.165, 1.54) is 32.4 Å². The molecule has 0 saturated carbocycles. The van der Waals surface area contributed by atoms with Gasteiger partial charge in [0.15, 0.2) is 0 Å². The van der Waals surface area contributed by atoms with Gasteiger partial charge >= 0.3 is 11.9 Å². The van der Waals surface area contributed by atoms with Crippen LogP contribution in [0.15, 0.2) is 70.3 Å². The Kier molecular flexibility index (Phi) is 6.88. The molecule has 34 heavy (non-hydrogen) atoms. The van der Waals surface area contributed by atoms with Crippen LogP contribution in [0.1, 0.15) is 20.7 Å². The van der Waals surface area contributed by atoms with Gasteiger partial charge in [-0.25, -0.2) is 9.59 Å². The summed E-state index contributed by atoms with van der Waals surface area (Å²) in [5, 5.41) is 13.0. The number of nitrogens with one attached hydrogen (secondary N) is 1. The number of methoxy groups -OCH3 is 2. The molecule has 0 spiro atoms. The van der Waals surface area contributed by atoms with Crippen molar-refractivity contribution in [2.75, 3.05) is 25.3 Å². The number of rotatable bonds is 7. The average molecular weight is 477 g/mol. The fourth-order valence-corrected chi connectivity index (χ4v) is 3.76. The number of thioether (sulfide) groups is 1. The van der Waals surface area contributed by atoms with Crippen LogP contribution in [0, 0.1) is 0 Å². The van der Waals surface area contributed by atoms with Crippen LogP contribution in [0.25, 0.3) is 22.2 Å². The molecule has 9 nitrogen and oxygen atoms in total. The molecule has 1 N–H and O–H groups in total. The number of fused-ring (bicyclic) bond motifs is 1. The molecule has 0 fully saturated rings. The van der Waals surface area contributed by atoms with Gasteiger partial charge < -0.3 is 19.2 Å². The minimum atomic E-state index is -0.656. The van der Waals surface area contributed by atoms with Gasteiger partial charge in [0.05, 0.1) is 36.8 Å². The predicted octanol–water partition coefficient (Wildman–Crippen LogP) is 4.19. The van der Waals surface area contributed by atoms with Gasteiger partial charge in [0.25, 0.3) is 5.22 Å². The highest BCUT2D eigenvalue weighted by molar-refractivity contribution is 7.99. The minimum absolute atomic E-state index is 0.0670. The molecule has 0 aliphatic rings. The van der Waals surface area contributed by atoms with E-state index in [2.05, 4.69) is 15.5 Å². The average Bonchev–Trinajstić information content (AvgIpc) is 3.35. The lowest BCUT2D eigenvalue weighted by Crippen LogP contribution is -2.18. The van der Waals surface area contributed by atoms with E-state index in [1.807, 2.05) is 42.5 Å². The van der Waals surface area contributed by atoms with Crippen molar-refractivity contribution in [1.82, 2.24) is 10.2 Å². The van der Waals surface area contributed by atoms with Crippen molar-refractivity contribution in [2.24, 2.45) is 0 Å². The summed E-state index contributed by atoms with van der Waals surface area (Å²) in [6, 6.07) is 17.9. The smallest absolute Gasteiger partial charge is 0.339 e. The maximum absolute atomic E-state index is 12.5. The van der Waals surface area contributed by atoms with Crippen molar-refractivity contribution in [1.29, 1.82) is 0 Å². The summed E-state index contributed by atoms with van der Waals surface area (Å²) in [4.78, 5) is 36.4. The zero-order valence-corrected chi connectivity index (χ0v) is 19.0. The van der Waals surface area contributed by atoms with Gasteiger partial charge in [-0.1, -0.05) is 42.1 Å². The molecule has 0 unspecified atom stereocenters. The largest absolute Gasteiger partial charge is 0.465 e. The van der Waals surface area contributed by atoms with E-state index >= 15 is 0 Å². The zero-order valence-electron chi connectivity index (χ0n) is 18.2. The third-order valence-electron chi connectivity index (χ3n) is 4.85. The molecule has 1 amide bonds. The molecule has 0 aliphatic carbocycles. The van der Waals surface area contributed by atoms with Gasteiger partial charge in [-0.3, -0.25) is 4.79 Å². The number of hydrogen-bond donors (Lipinski definition) is 1. The van der Waals surface area contributed by atoms with Crippen LogP contribution >= 0.6 is 11.8 Å². The van der Waals surface area contributed by atoms with Crippen LogP contribution in [-0.2, 0) is 14.3 Å². The Balaban J connectivity index is 1.45. The lowest BCUT2D eigenvalue weighted by molar-refractivity contribution is -0.113. The number of ether oxygens (including phenoxy) is 2. The molecule has 1 heterocycles. The Morgan fingerprint density at radius 3 is 2.44 bits per heavy atom. The lowest BCUT2D eigenvalue weighted by atomic mass is 10.1. The molecule has 0 saturated heterocycles. The number of carbonyl (C=O) groups is 3.